The molecule has 3 aromatic rings. The average Bonchev–Trinajstić information content (AvgIpc) is 3.32. The van der Waals surface area contributed by atoms with Gasteiger partial charge < -0.3 is 19.1 Å². The molecule has 4 heteroatoms. The smallest absolute Gasteiger partial charge is 0.115 e. The summed E-state index contributed by atoms with van der Waals surface area (Å²) < 4.78 is 4.30. The van der Waals surface area contributed by atoms with Gasteiger partial charge in [0.1, 0.15) is 5.75 Å². The van der Waals surface area contributed by atoms with E-state index in [4.69, 9.17) is 0 Å². The summed E-state index contributed by atoms with van der Waals surface area (Å²) in [7, 11) is 0. The lowest BCUT2D eigenvalue weighted by Crippen LogP contribution is -2.33. The first-order valence-electron chi connectivity index (χ1n) is 8.44. The molecule has 1 atom stereocenters. The number of phenolic OH excluding ortho intramolecular Hbond substituents is 1. The van der Waals surface area contributed by atoms with Gasteiger partial charge in [0, 0.05) is 43.2 Å². The van der Waals surface area contributed by atoms with E-state index in [9.17, 15) is 5.11 Å². The standard InChI is InChI=1S/C21H21N3O/c1-17-21(23-12-4-5-13-23)14-19(22-10-2-3-11-22)16-24(17)15-18-6-8-20(25)9-7-18/h2-14,16-17,25H,15H2,1H3. The average molecular weight is 331 g/mol. The van der Waals surface area contributed by atoms with Gasteiger partial charge in [-0.05, 0) is 55.0 Å². The summed E-state index contributed by atoms with van der Waals surface area (Å²) >= 11 is 0. The van der Waals surface area contributed by atoms with Gasteiger partial charge >= 0.3 is 0 Å². The van der Waals surface area contributed by atoms with E-state index in [2.05, 4.69) is 58.0 Å². The quantitative estimate of drug-likeness (QED) is 0.776. The van der Waals surface area contributed by atoms with E-state index < -0.39 is 0 Å². The number of benzene rings is 1. The molecule has 0 saturated carbocycles. The van der Waals surface area contributed by atoms with Crippen molar-refractivity contribution < 1.29 is 5.11 Å². The van der Waals surface area contributed by atoms with Crippen molar-refractivity contribution in [3.8, 4) is 5.75 Å². The molecule has 0 spiro atoms. The second-order valence-electron chi connectivity index (χ2n) is 6.32. The third kappa shape index (κ3) is 3.11. The van der Waals surface area contributed by atoms with Crippen molar-refractivity contribution in [3.63, 3.8) is 0 Å². The van der Waals surface area contributed by atoms with Crippen LogP contribution in [0.3, 0.4) is 0 Å². The lowest BCUT2D eigenvalue weighted by Gasteiger charge is -2.34. The lowest BCUT2D eigenvalue weighted by molar-refractivity contribution is 0.327. The highest BCUT2D eigenvalue weighted by molar-refractivity contribution is 5.72. The van der Waals surface area contributed by atoms with Gasteiger partial charge in [0.15, 0.2) is 0 Å². The number of aromatic nitrogens is 2. The predicted molar refractivity (Wildman–Crippen MR) is 101 cm³/mol. The minimum absolute atomic E-state index is 0.237. The molecule has 1 aliphatic heterocycles. The molecule has 2 aromatic heterocycles. The van der Waals surface area contributed by atoms with Crippen LogP contribution >= 0.6 is 0 Å². The summed E-state index contributed by atoms with van der Waals surface area (Å²) in [6.45, 7) is 3.00. The minimum Gasteiger partial charge on any atom is -0.508 e. The SMILES string of the molecule is CC1C(n2cccc2)=CC(n2cccc2)=CN1Cc1ccc(O)cc1. The molecular formula is C21H21N3O. The molecule has 4 nitrogen and oxygen atoms in total. The summed E-state index contributed by atoms with van der Waals surface area (Å²) in [6.07, 6.45) is 12.7. The molecule has 0 radical (unpaired) electrons. The van der Waals surface area contributed by atoms with Crippen LogP contribution in [0.5, 0.6) is 5.75 Å². The molecular weight excluding hydrogens is 310 g/mol. The number of aromatic hydroxyl groups is 1. The van der Waals surface area contributed by atoms with Gasteiger partial charge in [0.05, 0.1) is 11.7 Å². The maximum atomic E-state index is 9.51. The van der Waals surface area contributed by atoms with Crippen LogP contribution in [-0.4, -0.2) is 25.2 Å². The summed E-state index contributed by atoms with van der Waals surface area (Å²) in [6, 6.07) is 15.8. The topological polar surface area (TPSA) is 33.3 Å². The van der Waals surface area contributed by atoms with Crippen molar-refractivity contribution in [2.45, 2.75) is 19.5 Å². The zero-order valence-corrected chi connectivity index (χ0v) is 14.2. The molecule has 3 heterocycles. The summed E-state index contributed by atoms with van der Waals surface area (Å²) in [4.78, 5) is 2.33. The Bertz CT molecular complexity index is 887. The molecule has 126 valence electrons. The number of hydrogen-bond donors (Lipinski definition) is 1. The van der Waals surface area contributed by atoms with Gasteiger partial charge in [-0.1, -0.05) is 12.1 Å². The minimum atomic E-state index is 0.237. The molecule has 0 saturated heterocycles. The van der Waals surface area contributed by atoms with Crippen molar-refractivity contribution in [2.75, 3.05) is 0 Å². The van der Waals surface area contributed by atoms with Crippen LogP contribution in [-0.2, 0) is 6.54 Å². The first-order chi connectivity index (χ1) is 12.2. The largest absolute Gasteiger partial charge is 0.508 e. The van der Waals surface area contributed by atoms with Gasteiger partial charge in [0.25, 0.3) is 0 Å². The molecule has 0 fully saturated rings. The zero-order chi connectivity index (χ0) is 17.2. The monoisotopic (exact) mass is 331 g/mol. The Morgan fingerprint density at radius 3 is 2.12 bits per heavy atom. The highest BCUT2D eigenvalue weighted by Crippen LogP contribution is 2.28. The molecule has 1 unspecified atom stereocenters. The fourth-order valence-corrected chi connectivity index (χ4v) is 3.20. The van der Waals surface area contributed by atoms with Crippen LogP contribution in [0.1, 0.15) is 12.5 Å². The number of phenols is 1. The van der Waals surface area contributed by atoms with Crippen molar-refractivity contribution in [3.05, 3.63) is 91.2 Å². The van der Waals surface area contributed by atoms with E-state index in [1.165, 1.54) is 11.3 Å². The lowest BCUT2D eigenvalue weighted by atomic mass is 10.1. The Morgan fingerprint density at radius 2 is 1.48 bits per heavy atom. The number of allylic oxidation sites excluding steroid dienone is 2. The summed E-state index contributed by atoms with van der Waals surface area (Å²) in [5.74, 6) is 0.298. The van der Waals surface area contributed by atoms with Crippen molar-refractivity contribution in [2.24, 2.45) is 0 Å². The van der Waals surface area contributed by atoms with Crippen molar-refractivity contribution in [1.29, 1.82) is 0 Å². The van der Waals surface area contributed by atoms with Gasteiger partial charge in [-0.15, -0.1) is 0 Å². The van der Waals surface area contributed by atoms with E-state index >= 15 is 0 Å². The molecule has 1 aromatic carbocycles. The van der Waals surface area contributed by atoms with Crippen LogP contribution in [0.2, 0.25) is 0 Å². The molecule has 1 N–H and O–H groups in total. The van der Waals surface area contributed by atoms with Crippen LogP contribution in [0.15, 0.2) is 85.6 Å². The van der Waals surface area contributed by atoms with Gasteiger partial charge in [-0.2, -0.15) is 0 Å². The van der Waals surface area contributed by atoms with E-state index in [1.807, 2.05) is 36.4 Å². The zero-order valence-electron chi connectivity index (χ0n) is 14.2. The Labute approximate surface area is 147 Å². The maximum Gasteiger partial charge on any atom is 0.115 e. The predicted octanol–water partition coefficient (Wildman–Crippen LogP) is 4.24. The third-order valence-corrected chi connectivity index (χ3v) is 4.63. The van der Waals surface area contributed by atoms with Gasteiger partial charge in [-0.3, -0.25) is 0 Å². The van der Waals surface area contributed by atoms with Crippen molar-refractivity contribution in [1.82, 2.24) is 14.0 Å². The van der Waals surface area contributed by atoms with Gasteiger partial charge in [0.2, 0.25) is 0 Å². The number of rotatable bonds is 4. The molecule has 4 rings (SSSR count). The normalized spacial score (nSPS) is 17.3. The summed E-state index contributed by atoms with van der Waals surface area (Å²) in [5, 5.41) is 9.51. The molecule has 0 amide bonds. The second kappa shape index (κ2) is 6.40. The first-order valence-corrected chi connectivity index (χ1v) is 8.44. The Balaban J connectivity index is 1.70. The van der Waals surface area contributed by atoms with Gasteiger partial charge in [-0.25, -0.2) is 0 Å². The Hall–Kier alpha value is -3.14. The van der Waals surface area contributed by atoms with E-state index in [0.29, 0.717) is 5.75 Å². The first kappa shape index (κ1) is 15.4. The fraction of sp³-hybridized carbons (Fsp3) is 0.143. The second-order valence-corrected chi connectivity index (χ2v) is 6.32. The van der Waals surface area contributed by atoms with Crippen LogP contribution in [0.25, 0.3) is 11.4 Å². The molecule has 0 bridgehead atoms. The summed E-state index contributed by atoms with van der Waals surface area (Å²) in [5.41, 5.74) is 3.53. The van der Waals surface area contributed by atoms with Crippen LogP contribution < -0.4 is 0 Å². The molecule has 0 aliphatic carbocycles. The fourth-order valence-electron chi connectivity index (χ4n) is 3.20. The van der Waals surface area contributed by atoms with E-state index in [-0.39, 0.29) is 6.04 Å². The number of hydrogen-bond acceptors (Lipinski definition) is 2. The van der Waals surface area contributed by atoms with E-state index in [1.54, 1.807) is 12.1 Å². The number of nitrogens with zero attached hydrogens (tertiary/aromatic N) is 3. The highest BCUT2D eigenvalue weighted by Gasteiger charge is 2.22. The highest BCUT2D eigenvalue weighted by atomic mass is 16.3. The third-order valence-electron chi connectivity index (χ3n) is 4.63. The van der Waals surface area contributed by atoms with Crippen molar-refractivity contribution >= 4 is 11.4 Å². The van der Waals surface area contributed by atoms with Crippen LogP contribution in [0.4, 0.5) is 0 Å². The Morgan fingerprint density at radius 1 is 0.880 bits per heavy atom. The Kier molecular flexibility index (Phi) is 3.94. The molecule has 25 heavy (non-hydrogen) atoms. The maximum absolute atomic E-state index is 9.51. The van der Waals surface area contributed by atoms with Crippen LogP contribution in [0, 0.1) is 0 Å². The van der Waals surface area contributed by atoms with E-state index in [0.717, 1.165) is 12.2 Å². The molecule has 1 aliphatic rings.